The third-order valence-electron chi connectivity index (χ3n) is 3.67. The van der Waals surface area contributed by atoms with Gasteiger partial charge in [-0.05, 0) is 18.1 Å². The van der Waals surface area contributed by atoms with Gasteiger partial charge >= 0.3 is 0 Å². The first kappa shape index (κ1) is 17.8. The normalized spacial score (nSPS) is 19.4. The molecular formula is C13H25Cl2N3. The summed E-state index contributed by atoms with van der Waals surface area (Å²) in [4.78, 5) is 6.00. The molecular weight excluding hydrogens is 269 g/mol. The fourth-order valence-electron chi connectivity index (χ4n) is 2.57. The molecule has 0 aromatic carbocycles. The highest BCUT2D eigenvalue weighted by Crippen LogP contribution is 2.29. The molecule has 0 spiro atoms. The molecule has 1 fully saturated rings. The molecule has 1 unspecified atom stereocenters. The molecule has 5 heteroatoms. The Morgan fingerprint density at radius 3 is 2.44 bits per heavy atom. The molecule has 2 N–H and O–H groups in total. The van der Waals surface area contributed by atoms with E-state index in [0.717, 1.165) is 26.2 Å². The zero-order valence-corrected chi connectivity index (χ0v) is 12.8. The number of hydrogen-bond acceptors (Lipinski definition) is 2. The Morgan fingerprint density at radius 1 is 1.28 bits per heavy atom. The molecule has 1 aromatic rings. The lowest BCUT2D eigenvalue weighted by Gasteiger charge is -2.37. The van der Waals surface area contributed by atoms with Crippen LogP contribution in [0.3, 0.4) is 0 Å². The van der Waals surface area contributed by atoms with E-state index in [1.165, 1.54) is 12.1 Å². The van der Waals surface area contributed by atoms with Crippen molar-refractivity contribution < 1.29 is 0 Å². The van der Waals surface area contributed by atoms with Crippen molar-refractivity contribution in [1.82, 2.24) is 15.2 Å². The maximum absolute atomic E-state index is 3.42. The summed E-state index contributed by atoms with van der Waals surface area (Å²) in [5.74, 6) is 0.705. The fourth-order valence-corrected chi connectivity index (χ4v) is 2.57. The van der Waals surface area contributed by atoms with Gasteiger partial charge in [-0.25, -0.2) is 0 Å². The number of rotatable bonds is 4. The van der Waals surface area contributed by atoms with Crippen molar-refractivity contribution in [3.05, 3.63) is 24.0 Å². The number of hydrogen-bond donors (Lipinski definition) is 2. The maximum Gasteiger partial charge on any atom is 0.0524 e. The minimum absolute atomic E-state index is 0. The average molecular weight is 294 g/mol. The van der Waals surface area contributed by atoms with E-state index in [9.17, 15) is 0 Å². The van der Waals surface area contributed by atoms with E-state index in [4.69, 9.17) is 0 Å². The molecule has 1 saturated heterocycles. The fraction of sp³-hybridized carbons (Fsp3) is 0.692. The predicted octanol–water partition coefficient (Wildman–Crippen LogP) is 2.85. The Bertz CT molecular complexity index is 297. The van der Waals surface area contributed by atoms with Gasteiger partial charge in [0.2, 0.25) is 0 Å². The summed E-state index contributed by atoms with van der Waals surface area (Å²) in [6, 6.07) is 4.88. The van der Waals surface area contributed by atoms with Crippen molar-refractivity contribution in [2.45, 2.75) is 26.3 Å². The predicted molar refractivity (Wildman–Crippen MR) is 81.9 cm³/mol. The minimum atomic E-state index is 0. The van der Waals surface area contributed by atoms with Crippen LogP contribution in [0.1, 0.15) is 32.0 Å². The van der Waals surface area contributed by atoms with Gasteiger partial charge in [0.05, 0.1) is 6.04 Å². The van der Waals surface area contributed by atoms with Gasteiger partial charge in [-0.2, -0.15) is 0 Å². The third kappa shape index (κ3) is 4.16. The summed E-state index contributed by atoms with van der Waals surface area (Å²) in [6.07, 6.45) is 3.26. The molecule has 2 rings (SSSR count). The summed E-state index contributed by atoms with van der Waals surface area (Å²) in [6.45, 7) is 9.19. The first-order chi connectivity index (χ1) is 7.83. The van der Waals surface area contributed by atoms with E-state index in [1.807, 2.05) is 6.20 Å². The molecule has 18 heavy (non-hydrogen) atoms. The smallest absolute Gasteiger partial charge is 0.0524 e. The Morgan fingerprint density at radius 2 is 1.94 bits per heavy atom. The van der Waals surface area contributed by atoms with E-state index in [1.54, 1.807) is 0 Å². The van der Waals surface area contributed by atoms with Crippen LogP contribution in [-0.2, 0) is 0 Å². The third-order valence-corrected chi connectivity index (χ3v) is 3.67. The highest BCUT2D eigenvalue weighted by molar-refractivity contribution is 5.85. The van der Waals surface area contributed by atoms with Crippen LogP contribution in [0.4, 0.5) is 0 Å². The second-order valence-electron chi connectivity index (χ2n) is 4.74. The highest BCUT2D eigenvalue weighted by Gasteiger charge is 2.26. The van der Waals surface area contributed by atoms with E-state index >= 15 is 0 Å². The Balaban J connectivity index is 0.00000144. The van der Waals surface area contributed by atoms with E-state index in [-0.39, 0.29) is 24.8 Å². The van der Waals surface area contributed by atoms with Crippen LogP contribution < -0.4 is 5.32 Å². The van der Waals surface area contributed by atoms with Gasteiger partial charge in [0, 0.05) is 38.1 Å². The van der Waals surface area contributed by atoms with Crippen molar-refractivity contribution in [2.75, 3.05) is 26.2 Å². The number of nitrogens with one attached hydrogen (secondary N) is 2. The van der Waals surface area contributed by atoms with Gasteiger partial charge in [-0.15, -0.1) is 24.8 Å². The largest absolute Gasteiger partial charge is 0.364 e. The molecule has 0 aliphatic carbocycles. The number of piperazine rings is 1. The second-order valence-corrected chi connectivity index (χ2v) is 4.74. The molecule has 1 aliphatic heterocycles. The number of aromatic nitrogens is 1. The van der Waals surface area contributed by atoms with Crippen LogP contribution >= 0.6 is 24.8 Å². The van der Waals surface area contributed by atoms with Crippen LogP contribution in [0.25, 0.3) is 0 Å². The Labute approximate surface area is 123 Å². The minimum Gasteiger partial charge on any atom is -0.364 e. The SMILES string of the molecule is CCC(C)[C@H](c1ccc[nH]1)N1CCNCC1.Cl.Cl. The first-order valence-corrected chi connectivity index (χ1v) is 6.41. The van der Waals surface area contributed by atoms with Crippen LogP contribution in [0.5, 0.6) is 0 Å². The van der Waals surface area contributed by atoms with Crippen molar-refractivity contribution in [1.29, 1.82) is 0 Å². The molecule has 0 radical (unpaired) electrons. The molecule has 0 saturated carbocycles. The summed E-state index contributed by atoms with van der Waals surface area (Å²) in [5, 5.41) is 3.42. The second kappa shape index (κ2) is 8.81. The summed E-state index contributed by atoms with van der Waals surface area (Å²) < 4.78 is 0. The highest BCUT2D eigenvalue weighted by atomic mass is 35.5. The molecule has 0 bridgehead atoms. The molecule has 0 amide bonds. The summed E-state index contributed by atoms with van der Waals surface area (Å²) >= 11 is 0. The average Bonchev–Trinajstić information content (AvgIpc) is 2.84. The summed E-state index contributed by atoms with van der Waals surface area (Å²) in [7, 11) is 0. The van der Waals surface area contributed by atoms with Gasteiger partial charge in [0.25, 0.3) is 0 Å². The lowest BCUT2D eigenvalue weighted by molar-refractivity contribution is 0.126. The molecule has 106 valence electrons. The maximum atomic E-state index is 3.42. The van der Waals surface area contributed by atoms with Crippen molar-refractivity contribution in [3.63, 3.8) is 0 Å². The van der Waals surface area contributed by atoms with Crippen molar-refractivity contribution in [2.24, 2.45) is 5.92 Å². The first-order valence-electron chi connectivity index (χ1n) is 6.41. The lowest BCUT2D eigenvalue weighted by atomic mass is 9.94. The van der Waals surface area contributed by atoms with Gasteiger partial charge in [0.15, 0.2) is 0 Å². The number of halogens is 2. The molecule has 3 nitrogen and oxygen atoms in total. The number of nitrogens with zero attached hydrogens (tertiary/aromatic N) is 1. The Hall–Kier alpha value is -0.220. The molecule has 2 heterocycles. The summed E-state index contributed by atoms with van der Waals surface area (Å²) in [5.41, 5.74) is 1.37. The number of H-pyrrole nitrogens is 1. The van der Waals surface area contributed by atoms with Crippen molar-refractivity contribution >= 4 is 24.8 Å². The van der Waals surface area contributed by atoms with Crippen LogP contribution in [0.15, 0.2) is 18.3 Å². The number of aromatic amines is 1. The topological polar surface area (TPSA) is 31.1 Å². The molecule has 2 atom stereocenters. The van der Waals surface area contributed by atoms with Gasteiger partial charge in [-0.3, -0.25) is 4.90 Å². The lowest BCUT2D eigenvalue weighted by Crippen LogP contribution is -2.46. The molecule has 1 aromatic heterocycles. The van der Waals surface area contributed by atoms with Crippen LogP contribution in [-0.4, -0.2) is 36.1 Å². The Kier molecular flexibility index (Phi) is 8.70. The zero-order valence-electron chi connectivity index (χ0n) is 11.2. The van der Waals surface area contributed by atoms with Crippen LogP contribution in [0, 0.1) is 5.92 Å². The van der Waals surface area contributed by atoms with E-state index < -0.39 is 0 Å². The van der Waals surface area contributed by atoms with Gasteiger partial charge in [-0.1, -0.05) is 20.3 Å². The van der Waals surface area contributed by atoms with Gasteiger partial charge in [0.1, 0.15) is 0 Å². The van der Waals surface area contributed by atoms with Crippen molar-refractivity contribution in [3.8, 4) is 0 Å². The van der Waals surface area contributed by atoms with Crippen LogP contribution in [0.2, 0.25) is 0 Å². The monoisotopic (exact) mass is 293 g/mol. The quantitative estimate of drug-likeness (QED) is 0.894. The van der Waals surface area contributed by atoms with E-state index in [0.29, 0.717) is 12.0 Å². The molecule has 1 aliphatic rings. The standard InChI is InChI=1S/C13H23N3.2ClH/c1-3-11(2)13(12-5-4-6-15-12)16-9-7-14-8-10-16;;/h4-6,11,13-15H,3,7-10H2,1-2H3;2*1H/t11?,13-;;/m1../s1. The van der Waals surface area contributed by atoms with E-state index in [2.05, 4.69) is 41.2 Å². The zero-order chi connectivity index (χ0) is 11.4. The van der Waals surface area contributed by atoms with Gasteiger partial charge < -0.3 is 10.3 Å².